The van der Waals surface area contributed by atoms with E-state index in [-0.39, 0.29) is 5.92 Å². The van der Waals surface area contributed by atoms with Gasteiger partial charge in [0.05, 0.1) is 5.92 Å². The number of anilines is 1. The average Bonchev–Trinajstić information content (AvgIpc) is 2.75. The van der Waals surface area contributed by atoms with E-state index in [0.717, 1.165) is 58.7 Å². The third kappa shape index (κ3) is 4.51. The molecule has 0 radical (unpaired) electrons. The van der Waals surface area contributed by atoms with Crippen molar-refractivity contribution in [1.82, 2.24) is 9.80 Å². The van der Waals surface area contributed by atoms with Crippen LogP contribution in [0.2, 0.25) is 0 Å². The molecule has 0 aromatic heterocycles. The molecule has 2 saturated heterocycles. The van der Waals surface area contributed by atoms with Crippen LogP contribution in [-0.4, -0.2) is 55.0 Å². The van der Waals surface area contributed by atoms with Gasteiger partial charge in [-0.15, -0.1) is 0 Å². The Kier molecular flexibility index (Phi) is 5.73. The van der Waals surface area contributed by atoms with Gasteiger partial charge < -0.3 is 9.80 Å². The van der Waals surface area contributed by atoms with E-state index in [9.17, 15) is 4.79 Å². The molecule has 0 saturated carbocycles. The number of rotatable bonds is 4. The van der Waals surface area contributed by atoms with Crippen LogP contribution in [0, 0.1) is 5.92 Å². The Morgan fingerprint density at radius 2 is 1.52 bits per heavy atom. The van der Waals surface area contributed by atoms with Gasteiger partial charge in [0.25, 0.3) is 0 Å². The first-order chi connectivity index (χ1) is 13.3. The Balaban J connectivity index is 1.30. The van der Waals surface area contributed by atoms with E-state index < -0.39 is 0 Å². The maximum Gasteiger partial charge on any atom is 0.227 e. The van der Waals surface area contributed by atoms with Crippen molar-refractivity contribution in [2.24, 2.45) is 5.92 Å². The lowest BCUT2D eigenvalue weighted by Crippen LogP contribution is -2.52. The van der Waals surface area contributed by atoms with E-state index in [1.807, 2.05) is 6.07 Å². The van der Waals surface area contributed by atoms with Gasteiger partial charge >= 0.3 is 0 Å². The molecule has 2 aliphatic heterocycles. The first-order valence-electron chi connectivity index (χ1n) is 10.1. The lowest BCUT2D eigenvalue weighted by molar-refractivity contribution is -0.137. The zero-order valence-corrected chi connectivity index (χ0v) is 16.0. The predicted molar refractivity (Wildman–Crippen MR) is 110 cm³/mol. The Bertz CT molecular complexity index is 726. The van der Waals surface area contributed by atoms with Crippen LogP contribution in [0.3, 0.4) is 0 Å². The molecule has 0 unspecified atom stereocenters. The molecule has 1 amide bonds. The fourth-order valence-corrected chi connectivity index (χ4v) is 4.32. The number of carbonyl (C=O) groups is 1. The monoisotopic (exact) mass is 363 g/mol. The molecular formula is C23H29N3O. The molecule has 4 heteroatoms. The summed E-state index contributed by atoms with van der Waals surface area (Å²) in [5, 5.41) is 0. The van der Waals surface area contributed by atoms with Crippen molar-refractivity contribution in [3.63, 3.8) is 0 Å². The highest BCUT2D eigenvalue weighted by Crippen LogP contribution is 2.22. The molecule has 0 spiro atoms. The minimum atomic E-state index is 0.158. The molecule has 0 bridgehead atoms. The average molecular weight is 364 g/mol. The third-order valence-electron chi connectivity index (χ3n) is 5.82. The molecule has 1 atom stereocenters. The topological polar surface area (TPSA) is 26.8 Å². The van der Waals surface area contributed by atoms with Gasteiger partial charge in [-0.05, 0) is 37.1 Å². The van der Waals surface area contributed by atoms with Gasteiger partial charge in [0, 0.05) is 45.0 Å². The minimum Gasteiger partial charge on any atom is -0.368 e. The number of para-hydroxylation sites is 1. The van der Waals surface area contributed by atoms with E-state index in [4.69, 9.17) is 0 Å². The molecule has 4 rings (SSSR count). The second kappa shape index (κ2) is 8.57. The third-order valence-corrected chi connectivity index (χ3v) is 5.82. The van der Waals surface area contributed by atoms with Gasteiger partial charge in [-0.3, -0.25) is 9.69 Å². The summed E-state index contributed by atoms with van der Waals surface area (Å²) in [5.41, 5.74) is 2.60. The van der Waals surface area contributed by atoms with Crippen LogP contribution in [-0.2, 0) is 11.3 Å². The minimum absolute atomic E-state index is 0.158. The van der Waals surface area contributed by atoms with Crippen LogP contribution in [0.1, 0.15) is 18.4 Å². The number of likely N-dealkylation sites (tertiary alicyclic amines) is 1. The summed E-state index contributed by atoms with van der Waals surface area (Å²) >= 11 is 0. The Morgan fingerprint density at radius 1 is 0.852 bits per heavy atom. The number of benzene rings is 2. The molecule has 142 valence electrons. The van der Waals surface area contributed by atoms with Gasteiger partial charge in [-0.25, -0.2) is 0 Å². The zero-order valence-electron chi connectivity index (χ0n) is 16.0. The molecule has 0 aliphatic carbocycles. The molecule has 2 aromatic rings. The molecule has 4 nitrogen and oxygen atoms in total. The smallest absolute Gasteiger partial charge is 0.227 e. The van der Waals surface area contributed by atoms with Crippen molar-refractivity contribution in [1.29, 1.82) is 0 Å². The molecular weight excluding hydrogens is 334 g/mol. The maximum atomic E-state index is 13.1. The van der Waals surface area contributed by atoms with Crippen molar-refractivity contribution in [2.75, 3.05) is 44.2 Å². The Morgan fingerprint density at radius 3 is 2.22 bits per heavy atom. The molecule has 27 heavy (non-hydrogen) atoms. The number of piperazine rings is 1. The van der Waals surface area contributed by atoms with Crippen molar-refractivity contribution < 1.29 is 4.79 Å². The SMILES string of the molecule is O=C([C@H]1CCCN(Cc2ccccc2)C1)N1CCN(c2ccccc2)CC1. The van der Waals surface area contributed by atoms with Crippen LogP contribution in [0.15, 0.2) is 60.7 Å². The summed E-state index contributed by atoms with van der Waals surface area (Å²) in [5.74, 6) is 0.520. The van der Waals surface area contributed by atoms with E-state index in [2.05, 4.69) is 69.3 Å². The van der Waals surface area contributed by atoms with Gasteiger partial charge in [-0.2, -0.15) is 0 Å². The van der Waals surface area contributed by atoms with Gasteiger partial charge in [0.2, 0.25) is 5.91 Å². The normalized spacial score (nSPS) is 21.3. The number of nitrogens with zero attached hydrogens (tertiary/aromatic N) is 3. The van der Waals surface area contributed by atoms with E-state index >= 15 is 0 Å². The van der Waals surface area contributed by atoms with Crippen molar-refractivity contribution in [3.05, 3.63) is 66.2 Å². The summed E-state index contributed by atoms with van der Waals surface area (Å²) in [4.78, 5) is 20.0. The molecule has 2 heterocycles. The number of amides is 1. The summed E-state index contributed by atoms with van der Waals surface area (Å²) in [6.07, 6.45) is 2.15. The Hall–Kier alpha value is -2.33. The number of carbonyl (C=O) groups excluding carboxylic acids is 1. The van der Waals surface area contributed by atoms with Crippen LogP contribution in [0.5, 0.6) is 0 Å². The highest BCUT2D eigenvalue weighted by molar-refractivity contribution is 5.79. The van der Waals surface area contributed by atoms with E-state index in [1.54, 1.807) is 0 Å². The van der Waals surface area contributed by atoms with Gasteiger partial charge in [0.1, 0.15) is 0 Å². The zero-order chi connectivity index (χ0) is 18.5. The number of hydrogen-bond acceptors (Lipinski definition) is 3. The van der Waals surface area contributed by atoms with E-state index in [1.165, 1.54) is 11.3 Å². The van der Waals surface area contributed by atoms with Crippen molar-refractivity contribution in [3.8, 4) is 0 Å². The van der Waals surface area contributed by atoms with Crippen LogP contribution in [0.4, 0.5) is 5.69 Å². The van der Waals surface area contributed by atoms with E-state index in [0.29, 0.717) is 5.91 Å². The number of hydrogen-bond donors (Lipinski definition) is 0. The van der Waals surface area contributed by atoms with Crippen LogP contribution < -0.4 is 4.90 Å². The Labute approximate surface area is 162 Å². The quantitative estimate of drug-likeness (QED) is 0.834. The van der Waals surface area contributed by atoms with Gasteiger partial charge in [-0.1, -0.05) is 48.5 Å². The highest BCUT2D eigenvalue weighted by Gasteiger charge is 2.31. The second-order valence-corrected chi connectivity index (χ2v) is 7.71. The number of piperidine rings is 1. The van der Waals surface area contributed by atoms with Crippen molar-refractivity contribution >= 4 is 11.6 Å². The summed E-state index contributed by atoms with van der Waals surface area (Å²) < 4.78 is 0. The lowest BCUT2D eigenvalue weighted by Gasteiger charge is -2.39. The lowest BCUT2D eigenvalue weighted by atomic mass is 9.95. The first kappa shape index (κ1) is 18.1. The van der Waals surface area contributed by atoms with Crippen molar-refractivity contribution in [2.45, 2.75) is 19.4 Å². The van der Waals surface area contributed by atoms with Crippen LogP contribution in [0.25, 0.3) is 0 Å². The standard InChI is InChI=1S/C23H29N3O/c27-23(26-16-14-25(15-17-26)22-11-5-2-6-12-22)21-10-7-13-24(19-21)18-20-8-3-1-4-9-20/h1-6,8-9,11-12,21H,7,10,13-19H2/t21-/m0/s1. The van der Waals surface area contributed by atoms with Gasteiger partial charge in [0.15, 0.2) is 0 Å². The predicted octanol–water partition coefficient (Wildman–Crippen LogP) is 3.25. The first-order valence-corrected chi connectivity index (χ1v) is 10.1. The fourth-order valence-electron chi connectivity index (χ4n) is 4.32. The second-order valence-electron chi connectivity index (χ2n) is 7.71. The molecule has 0 N–H and O–H groups in total. The highest BCUT2D eigenvalue weighted by atomic mass is 16.2. The summed E-state index contributed by atoms with van der Waals surface area (Å²) in [7, 11) is 0. The molecule has 2 fully saturated rings. The molecule has 2 aromatic carbocycles. The largest absolute Gasteiger partial charge is 0.368 e. The van der Waals surface area contributed by atoms with Crippen LogP contribution >= 0.6 is 0 Å². The summed E-state index contributed by atoms with van der Waals surface area (Å²) in [6.45, 7) is 6.47. The fraction of sp³-hybridized carbons (Fsp3) is 0.435. The summed E-state index contributed by atoms with van der Waals surface area (Å²) in [6, 6.07) is 21.1. The maximum absolute atomic E-state index is 13.1. The molecule has 2 aliphatic rings.